The SMILES string of the molecule is CCC[C@@]1(C(=O)O)CN(Cc2nc3ccccc3n2C)CC[C@H]1O. The summed E-state index contributed by atoms with van der Waals surface area (Å²) in [5.41, 5.74) is 0.949. The summed E-state index contributed by atoms with van der Waals surface area (Å²) in [6.07, 6.45) is 0.925. The number of aliphatic hydroxyl groups excluding tert-OH is 1. The molecule has 2 N–H and O–H groups in total. The van der Waals surface area contributed by atoms with Crippen LogP contribution >= 0.6 is 0 Å². The molecule has 0 radical (unpaired) electrons. The number of aromatic nitrogens is 2. The van der Waals surface area contributed by atoms with E-state index in [2.05, 4.69) is 14.5 Å². The second-order valence-electron chi connectivity index (χ2n) is 6.80. The number of imidazole rings is 1. The van der Waals surface area contributed by atoms with Crippen molar-refractivity contribution >= 4 is 17.0 Å². The number of carboxylic acid groups (broad SMARTS) is 1. The molecule has 0 spiro atoms. The Bertz CT molecular complexity index is 742. The smallest absolute Gasteiger partial charge is 0.313 e. The summed E-state index contributed by atoms with van der Waals surface area (Å²) in [5, 5.41) is 20.1. The highest BCUT2D eigenvalue weighted by Crippen LogP contribution is 2.36. The lowest BCUT2D eigenvalue weighted by atomic mass is 9.74. The fourth-order valence-corrected chi connectivity index (χ4v) is 3.85. The molecule has 1 aromatic carbocycles. The molecule has 24 heavy (non-hydrogen) atoms. The van der Waals surface area contributed by atoms with E-state index in [4.69, 9.17) is 0 Å². The maximum atomic E-state index is 11.9. The third-order valence-corrected chi connectivity index (χ3v) is 5.23. The molecule has 6 heteroatoms. The zero-order valence-corrected chi connectivity index (χ0v) is 14.3. The average molecular weight is 331 g/mol. The molecule has 2 aromatic rings. The van der Waals surface area contributed by atoms with Gasteiger partial charge >= 0.3 is 5.97 Å². The number of piperidine rings is 1. The van der Waals surface area contributed by atoms with Crippen LogP contribution in [0.2, 0.25) is 0 Å². The number of carbonyl (C=O) groups is 1. The van der Waals surface area contributed by atoms with Crippen molar-refractivity contribution in [1.82, 2.24) is 14.5 Å². The van der Waals surface area contributed by atoms with Gasteiger partial charge in [0.1, 0.15) is 11.2 Å². The van der Waals surface area contributed by atoms with E-state index < -0.39 is 17.5 Å². The van der Waals surface area contributed by atoms with Gasteiger partial charge in [-0.15, -0.1) is 0 Å². The van der Waals surface area contributed by atoms with Crippen molar-refractivity contribution in [3.05, 3.63) is 30.1 Å². The third-order valence-electron chi connectivity index (χ3n) is 5.23. The zero-order chi connectivity index (χ0) is 17.3. The van der Waals surface area contributed by atoms with E-state index in [0.29, 0.717) is 32.5 Å². The highest BCUT2D eigenvalue weighted by Gasteiger charge is 2.48. The Morgan fingerprint density at radius 3 is 2.83 bits per heavy atom. The fourth-order valence-electron chi connectivity index (χ4n) is 3.85. The first-order valence-corrected chi connectivity index (χ1v) is 8.52. The second kappa shape index (κ2) is 6.53. The fraction of sp³-hybridized carbons (Fsp3) is 0.556. The van der Waals surface area contributed by atoms with Gasteiger partial charge in [-0.1, -0.05) is 25.5 Å². The number of hydrogen-bond donors (Lipinski definition) is 2. The van der Waals surface area contributed by atoms with Crippen LogP contribution in [0.5, 0.6) is 0 Å². The van der Waals surface area contributed by atoms with Gasteiger partial charge < -0.3 is 14.8 Å². The first-order valence-electron chi connectivity index (χ1n) is 8.52. The predicted octanol–water partition coefficient (Wildman–Crippen LogP) is 2.01. The summed E-state index contributed by atoms with van der Waals surface area (Å²) in [7, 11) is 1.99. The second-order valence-corrected chi connectivity index (χ2v) is 6.80. The minimum absolute atomic E-state index is 0.362. The minimum Gasteiger partial charge on any atom is -0.481 e. The van der Waals surface area contributed by atoms with Crippen LogP contribution in [0, 0.1) is 5.41 Å². The average Bonchev–Trinajstić information content (AvgIpc) is 2.87. The van der Waals surface area contributed by atoms with Crippen LogP contribution in [0.15, 0.2) is 24.3 Å². The molecule has 0 amide bonds. The quantitative estimate of drug-likeness (QED) is 0.876. The highest BCUT2D eigenvalue weighted by molar-refractivity contribution is 5.76. The van der Waals surface area contributed by atoms with E-state index in [-0.39, 0.29) is 0 Å². The number of benzene rings is 1. The molecule has 2 atom stereocenters. The van der Waals surface area contributed by atoms with Crippen LogP contribution in [0.25, 0.3) is 11.0 Å². The Morgan fingerprint density at radius 2 is 2.17 bits per heavy atom. The van der Waals surface area contributed by atoms with E-state index in [9.17, 15) is 15.0 Å². The van der Waals surface area contributed by atoms with Crippen molar-refractivity contribution in [2.75, 3.05) is 13.1 Å². The van der Waals surface area contributed by atoms with E-state index in [1.54, 1.807) is 0 Å². The number of rotatable bonds is 5. The largest absolute Gasteiger partial charge is 0.481 e. The van der Waals surface area contributed by atoms with Crippen molar-refractivity contribution in [3.63, 3.8) is 0 Å². The molecule has 0 bridgehead atoms. The lowest BCUT2D eigenvalue weighted by Crippen LogP contribution is -2.55. The molecule has 1 saturated heterocycles. The predicted molar refractivity (Wildman–Crippen MR) is 91.6 cm³/mol. The van der Waals surface area contributed by atoms with Crippen molar-refractivity contribution in [2.24, 2.45) is 12.5 Å². The standard InChI is InChI=1S/C18H25N3O3/c1-3-9-18(17(23)24)12-21(10-8-15(18)22)11-16-19-13-6-4-5-7-14(13)20(16)2/h4-7,15,22H,3,8-12H2,1-2H3,(H,23,24)/t15-,18-/m1/s1. The van der Waals surface area contributed by atoms with Gasteiger partial charge in [0, 0.05) is 20.1 Å². The van der Waals surface area contributed by atoms with Crippen molar-refractivity contribution in [2.45, 2.75) is 38.8 Å². The molecule has 0 aliphatic carbocycles. The number of fused-ring (bicyclic) bond motifs is 1. The number of hydrogen-bond acceptors (Lipinski definition) is 4. The van der Waals surface area contributed by atoms with Crippen molar-refractivity contribution in [1.29, 1.82) is 0 Å². The summed E-state index contributed by atoms with van der Waals surface area (Å²) in [5.74, 6) is 0.0231. The van der Waals surface area contributed by atoms with Crippen LogP contribution in [-0.2, 0) is 18.4 Å². The van der Waals surface area contributed by atoms with E-state index in [1.165, 1.54) is 0 Å². The Balaban J connectivity index is 1.84. The number of nitrogens with zero attached hydrogens (tertiary/aromatic N) is 3. The Morgan fingerprint density at radius 1 is 1.42 bits per heavy atom. The molecule has 3 rings (SSSR count). The molecule has 1 fully saturated rings. The van der Waals surface area contributed by atoms with E-state index in [0.717, 1.165) is 23.3 Å². The number of para-hydroxylation sites is 2. The van der Waals surface area contributed by atoms with E-state index in [1.807, 2.05) is 38.2 Å². The number of aliphatic hydroxyl groups is 1. The molecule has 1 aromatic heterocycles. The molecule has 2 heterocycles. The van der Waals surface area contributed by atoms with Crippen LogP contribution in [0.3, 0.4) is 0 Å². The lowest BCUT2D eigenvalue weighted by Gasteiger charge is -2.43. The number of likely N-dealkylation sites (tertiary alicyclic amines) is 1. The summed E-state index contributed by atoms with van der Waals surface area (Å²) in [6, 6.07) is 7.97. The minimum atomic E-state index is -1.07. The topological polar surface area (TPSA) is 78.6 Å². The van der Waals surface area contributed by atoms with Gasteiger partial charge in [-0.05, 0) is 25.0 Å². The molecular weight excluding hydrogens is 306 g/mol. The highest BCUT2D eigenvalue weighted by atomic mass is 16.4. The number of carboxylic acids is 1. The Kier molecular flexibility index (Phi) is 4.60. The summed E-state index contributed by atoms with van der Waals surface area (Å²) < 4.78 is 2.06. The van der Waals surface area contributed by atoms with Gasteiger partial charge in [0.25, 0.3) is 0 Å². The van der Waals surface area contributed by atoms with Crippen LogP contribution in [0.1, 0.15) is 32.0 Å². The molecule has 0 unspecified atom stereocenters. The molecule has 1 aliphatic rings. The first-order chi connectivity index (χ1) is 11.5. The summed E-state index contributed by atoms with van der Waals surface area (Å²) in [4.78, 5) is 18.7. The van der Waals surface area contributed by atoms with E-state index >= 15 is 0 Å². The summed E-state index contributed by atoms with van der Waals surface area (Å²) >= 11 is 0. The van der Waals surface area contributed by atoms with Gasteiger partial charge in [-0.3, -0.25) is 9.69 Å². The Hall–Kier alpha value is -1.92. The maximum absolute atomic E-state index is 11.9. The monoisotopic (exact) mass is 331 g/mol. The van der Waals surface area contributed by atoms with Gasteiger partial charge in [-0.25, -0.2) is 4.98 Å². The van der Waals surface area contributed by atoms with Crippen molar-refractivity contribution in [3.8, 4) is 0 Å². The lowest BCUT2D eigenvalue weighted by molar-refractivity contribution is -0.164. The van der Waals surface area contributed by atoms with Gasteiger partial charge in [0.2, 0.25) is 0 Å². The van der Waals surface area contributed by atoms with Gasteiger partial charge in [0.05, 0.1) is 23.7 Å². The normalized spacial score (nSPS) is 25.2. The van der Waals surface area contributed by atoms with Gasteiger partial charge in [0.15, 0.2) is 0 Å². The van der Waals surface area contributed by atoms with Crippen LogP contribution < -0.4 is 0 Å². The van der Waals surface area contributed by atoms with Crippen LogP contribution in [-0.4, -0.2) is 49.8 Å². The van der Waals surface area contributed by atoms with Crippen molar-refractivity contribution < 1.29 is 15.0 Å². The third kappa shape index (κ3) is 2.80. The van der Waals surface area contributed by atoms with Crippen LogP contribution in [0.4, 0.5) is 0 Å². The summed E-state index contributed by atoms with van der Waals surface area (Å²) in [6.45, 7) is 3.60. The number of aryl methyl sites for hydroxylation is 1. The van der Waals surface area contributed by atoms with Gasteiger partial charge in [-0.2, -0.15) is 0 Å². The molecule has 6 nitrogen and oxygen atoms in total. The Labute approximate surface area is 141 Å². The zero-order valence-electron chi connectivity index (χ0n) is 14.3. The molecular formula is C18H25N3O3. The molecule has 1 aliphatic heterocycles. The molecule has 130 valence electrons. The maximum Gasteiger partial charge on any atom is 0.313 e. The molecule has 0 saturated carbocycles. The first kappa shape index (κ1) is 16.9. The number of aliphatic carboxylic acids is 1.